The topological polar surface area (TPSA) is 9.23 Å². The van der Waals surface area contributed by atoms with Crippen molar-refractivity contribution in [1.29, 1.82) is 0 Å². The minimum Gasteiger partial charge on any atom is -0.380 e. The molecule has 2 aromatic carbocycles. The van der Waals surface area contributed by atoms with Crippen LogP contribution >= 0.6 is 23.5 Å². The van der Waals surface area contributed by atoms with Gasteiger partial charge in [0.2, 0.25) is 0 Å². The molecule has 3 heteroatoms. The van der Waals surface area contributed by atoms with E-state index in [1.807, 2.05) is 23.5 Å². The Morgan fingerprint density at radius 3 is 1.43 bits per heavy atom. The lowest BCUT2D eigenvalue weighted by Crippen LogP contribution is -2.01. The Bertz CT molecular complexity index is 470. The second-order valence-electron chi connectivity index (χ2n) is 4.94. The van der Waals surface area contributed by atoms with E-state index in [2.05, 4.69) is 62.4 Å². The molecule has 0 saturated carbocycles. The first-order valence-electron chi connectivity index (χ1n) is 7.21. The van der Waals surface area contributed by atoms with Crippen molar-refractivity contribution in [3.05, 3.63) is 59.7 Å². The third kappa shape index (κ3) is 6.60. The van der Waals surface area contributed by atoms with E-state index in [1.54, 1.807) is 0 Å². The Balaban J connectivity index is 1.52. The number of benzene rings is 2. The van der Waals surface area contributed by atoms with Gasteiger partial charge in [0.1, 0.15) is 0 Å². The summed E-state index contributed by atoms with van der Waals surface area (Å²) in [4.78, 5) is 2.64. The zero-order valence-electron chi connectivity index (χ0n) is 12.7. The highest BCUT2D eigenvalue weighted by molar-refractivity contribution is 7.99. The fourth-order valence-corrected chi connectivity index (χ4v) is 3.34. The molecule has 0 spiro atoms. The second-order valence-corrected chi connectivity index (χ2v) is 7.27. The molecular weight excluding hydrogens is 296 g/mol. The normalized spacial score (nSPS) is 10.8. The van der Waals surface area contributed by atoms with Crippen LogP contribution in [-0.4, -0.2) is 24.7 Å². The summed E-state index contributed by atoms with van der Waals surface area (Å²) in [5, 5.41) is 0. The van der Waals surface area contributed by atoms with Crippen molar-refractivity contribution >= 4 is 23.5 Å². The molecule has 0 bridgehead atoms. The Morgan fingerprint density at radius 2 is 1.05 bits per heavy atom. The van der Waals surface area contributed by atoms with Crippen molar-refractivity contribution in [3.63, 3.8) is 0 Å². The first-order chi connectivity index (χ1) is 10.2. The van der Waals surface area contributed by atoms with E-state index in [-0.39, 0.29) is 0 Å². The molecule has 0 radical (unpaired) electrons. The zero-order valence-corrected chi connectivity index (χ0v) is 14.3. The SMILES string of the molecule is Cc1ccc(SCCOCCSc2ccc(C)cc2)cc1. The summed E-state index contributed by atoms with van der Waals surface area (Å²) >= 11 is 3.71. The highest BCUT2D eigenvalue weighted by Crippen LogP contribution is 2.19. The van der Waals surface area contributed by atoms with Gasteiger partial charge in [-0.2, -0.15) is 0 Å². The van der Waals surface area contributed by atoms with Gasteiger partial charge < -0.3 is 4.74 Å². The zero-order chi connectivity index (χ0) is 14.9. The average Bonchev–Trinajstić information content (AvgIpc) is 2.50. The third-order valence-corrected chi connectivity index (χ3v) is 4.99. The molecule has 0 aliphatic carbocycles. The van der Waals surface area contributed by atoms with Crippen LogP contribution in [0.1, 0.15) is 11.1 Å². The van der Waals surface area contributed by atoms with Gasteiger partial charge in [-0.1, -0.05) is 35.4 Å². The smallest absolute Gasteiger partial charge is 0.0560 e. The van der Waals surface area contributed by atoms with Gasteiger partial charge in [-0.3, -0.25) is 0 Å². The van der Waals surface area contributed by atoms with Gasteiger partial charge in [-0.25, -0.2) is 0 Å². The number of aryl methyl sites for hydroxylation is 2. The van der Waals surface area contributed by atoms with Crippen LogP contribution in [0.4, 0.5) is 0 Å². The largest absolute Gasteiger partial charge is 0.380 e. The van der Waals surface area contributed by atoms with Crippen molar-refractivity contribution in [1.82, 2.24) is 0 Å². The van der Waals surface area contributed by atoms with Crippen LogP contribution < -0.4 is 0 Å². The van der Waals surface area contributed by atoms with Gasteiger partial charge in [0, 0.05) is 21.3 Å². The molecule has 0 saturated heterocycles. The minimum atomic E-state index is 0.813. The van der Waals surface area contributed by atoms with Gasteiger partial charge in [0.25, 0.3) is 0 Å². The van der Waals surface area contributed by atoms with Crippen molar-refractivity contribution in [2.45, 2.75) is 23.6 Å². The summed E-state index contributed by atoms with van der Waals surface area (Å²) in [6.45, 7) is 5.85. The second kappa shape index (κ2) is 9.19. The molecule has 0 fully saturated rings. The lowest BCUT2D eigenvalue weighted by atomic mass is 10.2. The van der Waals surface area contributed by atoms with Crippen LogP contribution in [0.3, 0.4) is 0 Å². The van der Waals surface area contributed by atoms with E-state index in [1.165, 1.54) is 20.9 Å². The minimum absolute atomic E-state index is 0.813. The molecular formula is C18H22OS2. The van der Waals surface area contributed by atoms with Crippen LogP contribution in [0.25, 0.3) is 0 Å². The van der Waals surface area contributed by atoms with Crippen LogP contribution in [0.5, 0.6) is 0 Å². The summed E-state index contributed by atoms with van der Waals surface area (Å²) in [7, 11) is 0. The number of rotatable bonds is 8. The van der Waals surface area contributed by atoms with Crippen LogP contribution in [0.15, 0.2) is 58.3 Å². The fraction of sp³-hybridized carbons (Fsp3) is 0.333. The molecule has 1 nitrogen and oxygen atoms in total. The summed E-state index contributed by atoms with van der Waals surface area (Å²) in [5.74, 6) is 2.02. The van der Waals surface area contributed by atoms with Gasteiger partial charge in [-0.05, 0) is 38.1 Å². The molecule has 0 N–H and O–H groups in total. The predicted molar refractivity (Wildman–Crippen MR) is 94.6 cm³/mol. The maximum atomic E-state index is 5.68. The summed E-state index contributed by atoms with van der Waals surface area (Å²) in [6.07, 6.45) is 0. The maximum Gasteiger partial charge on any atom is 0.0560 e. The first-order valence-corrected chi connectivity index (χ1v) is 9.18. The van der Waals surface area contributed by atoms with Crippen LogP contribution in [0.2, 0.25) is 0 Å². The Morgan fingerprint density at radius 1 is 0.667 bits per heavy atom. The molecule has 21 heavy (non-hydrogen) atoms. The fourth-order valence-electron chi connectivity index (χ4n) is 1.81. The Hall–Kier alpha value is -0.900. The third-order valence-electron chi connectivity index (χ3n) is 3.03. The van der Waals surface area contributed by atoms with E-state index in [0.29, 0.717) is 0 Å². The molecule has 0 heterocycles. The monoisotopic (exact) mass is 318 g/mol. The van der Waals surface area contributed by atoms with Crippen molar-refractivity contribution in [2.24, 2.45) is 0 Å². The van der Waals surface area contributed by atoms with Crippen molar-refractivity contribution < 1.29 is 4.74 Å². The number of thioether (sulfide) groups is 2. The molecule has 0 atom stereocenters. The maximum absolute atomic E-state index is 5.68. The van der Waals surface area contributed by atoms with Crippen molar-refractivity contribution in [2.75, 3.05) is 24.7 Å². The molecule has 0 aliphatic rings. The lowest BCUT2D eigenvalue weighted by molar-refractivity contribution is 0.167. The quantitative estimate of drug-likeness (QED) is 0.489. The Kier molecular flexibility index (Phi) is 7.20. The van der Waals surface area contributed by atoms with Gasteiger partial charge >= 0.3 is 0 Å². The van der Waals surface area contributed by atoms with E-state index in [4.69, 9.17) is 4.74 Å². The van der Waals surface area contributed by atoms with E-state index < -0.39 is 0 Å². The summed E-state index contributed by atoms with van der Waals surface area (Å²) in [5.41, 5.74) is 2.62. The van der Waals surface area contributed by atoms with E-state index >= 15 is 0 Å². The van der Waals surface area contributed by atoms with Crippen molar-refractivity contribution in [3.8, 4) is 0 Å². The average molecular weight is 319 g/mol. The first kappa shape index (κ1) is 16.5. The summed E-state index contributed by atoms with van der Waals surface area (Å²) < 4.78 is 5.68. The van der Waals surface area contributed by atoms with Crippen LogP contribution in [-0.2, 0) is 4.74 Å². The van der Waals surface area contributed by atoms with Crippen LogP contribution in [0, 0.1) is 13.8 Å². The predicted octanol–water partition coefficient (Wildman–Crippen LogP) is 5.20. The number of ether oxygens (including phenoxy) is 1. The molecule has 0 aromatic heterocycles. The van der Waals surface area contributed by atoms with E-state index in [9.17, 15) is 0 Å². The highest BCUT2D eigenvalue weighted by atomic mass is 32.2. The number of hydrogen-bond acceptors (Lipinski definition) is 3. The molecule has 2 rings (SSSR count). The molecule has 0 amide bonds. The van der Waals surface area contributed by atoms with Gasteiger partial charge in [0.05, 0.1) is 13.2 Å². The van der Waals surface area contributed by atoms with E-state index in [0.717, 1.165) is 24.7 Å². The molecule has 2 aromatic rings. The summed E-state index contributed by atoms with van der Waals surface area (Å²) in [6, 6.07) is 17.3. The number of hydrogen-bond donors (Lipinski definition) is 0. The van der Waals surface area contributed by atoms with Gasteiger partial charge in [-0.15, -0.1) is 23.5 Å². The molecule has 0 aliphatic heterocycles. The molecule has 0 unspecified atom stereocenters. The lowest BCUT2D eigenvalue weighted by Gasteiger charge is -2.05. The standard InChI is InChI=1S/C18H22OS2/c1-15-3-7-17(8-4-15)20-13-11-19-12-14-21-18-9-5-16(2)6-10-18/h3-10H,11-14H2,1-2H3. The Labute approximate surface area is 136 Å². The highest BCUT2D eigenvalue weighted by Gasteiger charge is 1.96. The van der Waals surface area contributed by atoms with Gasteiger partial charge in [0.15, 0.2) is 0 Å². The molecule has 112 valence electrons.